The molecule has 0 spiro atoms. The minimum Gasteiger partial charge on any atom is -0.378 e. The Hall–Kier alpha value is -2.76. The lowest BCUT2D eigenvalue weighted by Gasteiger charge is -2.28. The van der Waals surface area contributed by atoms with Gasteiger partial charge in [-0.3, -0.25) is 4.18 Å². The van der Waals surface area contributed by atoms with Gasteiger partial charge >= 0.3 is 6.03 Å². The summed E-state index contributed by atoms with van der Waals surface area (Å²) in [6, 6.07) is 8.97. The van der Waals surface area contributed by atoms with Gasteiger partial charge in [0, 0.05) is 36.4 Å². The Morgan fingerprint density at radius 3 is 2.55 bits per heavy atom. The molecule has 2 aliphatic rings. The molecule has 2 fully saturated rings. The van der Waals surface area contributed by atoms with Crippen molar-refractivity contribution in [3.05, 3.63) is 36.0 Å². The lowest BCUT2D eigenvalue weighted by Crippen LogP contribution is -2.37. The number of aromatic nitrogens is 2. The van der Waals surface area contributed by atoms with Crippen molar-refractivity contribution >= 4 is 27.7 Å². The number of morpholine rings is 1. The van der Waals surface area contributed by atoms with Crippen LogP contribution in [0.15, 0.2) is 30.3 Å². The number of carbonyl (C=O) groups excluding carboxylic acids is 1. The smallest absolute Gasteiger partial charge is 0.319 e. The Labute approximate surface area is 181 Å². The van der Waals surface area contributed by atoms with E-state index in [9.17, 15) is 13.2 Å². The fraction of sp³-hybridized carbons (Fsp3) is 0.450. The molecule has 166 valence electrons. The van der Waals surface area contributed by atoms with E-state index in [1.54, 1.807) is 18.2 Å². The number of amides is 2. The summed E-state index contributed by atoms with van der Waals surface area (Å²) in [5, 5.41) is 5.68. The number of anilines is 2. The number of benzene rings is 1. The van der Waals surface area contributed by atoms with Crippen LogP contribution in [0.1, 0.15) is 18.5 Å². The molecule has 2 amide bonds. The minimum atomic E-state index is -3.60. The van der Waals surface area contributed by atoms with Gasteiger partial charge in [0.2, 0.25) is 0 Å². The predicted octanol–water partition coefficient (Wildman–Crippen LogP) is 1.74. The molecule has 1 saturated carbocycles. The number of hydrogen-bond donors (Lipinski definition) is 2. The van der Waals surface area contributed by atoms with Crippen LogP contribution in [0.4, 0.5) is 16.3 Å². The average molecular weight is 448 g/mol. The van der Waals surface area contributed by atoms with Crippen LogP contribution in [0.25, 0.3) is 11.4 Å². The van der Waals surface area contributed by atoms with E-state index in [4.69, 9.17) is 8.92 Å². The Balaban J connectivity index is 1.55. The van der Waals surface area contributed by atoms with Gasteiger partial charge in [-0.1, -0.05) is 0 Å². The van der Waals surface area contributed by atoms with Crippen molar-refractivity contribution in [1.82, 2.24) is 15.3 Å². The van der Waals surface area contributed by atoms with E-state index in [0.717, 1.165) is 24.7 Å². The molecule has 0 unspecified atom stereocenters. The fourth-order valence-corrected chi connectivity index (χ4v) is 3.43. The summed E-state index contributed by atoms with van der Waals surface area (Å²) >= 11 is 0. The first-order valence-electron chi connectivity index (χ1n) is 10.1. The van der Waals surface area contributed by atoms with E-state index in [1.807, 2.05) is 12.1 Å². The van der Waals surface area contributed by atoms with Gasteiger partial charge in [-0.2, -0.15) is 8.42 Å². The summed E-state index contributed by atoms with van der Waals surface area (Å²) in [7, 11) is -3.60. The van der Waals surface area contributed by atoms with Crippen LogP contribution in [-0.2, 0) is 25.6 Å². The summed E-state index contributed by atoms with van der Waals surface area (Å²) in [6.45, 7) is 2.38. The van der Waals surface area contributed by atoms with E-state index in [-0.39, 0.29) is 18.7 Å². The molecule has 1 aliphatic heterocycles. The second-order valence-electron chi connectivity index (χ2n) is 7.56. The summed E-state index contributed by atoms with van der Waals surface area (Å²) in [5.41, 5.74) is 1.86. The van der Waals surface area contributed by atoms with Gasteiger partial charge in [-0.25, -0.2) is 14.8 Å². The van der Waals surface area contributed by atoms with E-state index in [0.29, 0.717) is 49.3 Å². The van der Waals surface area contributed by atoms with Gasteiger partial charge in [-0.05, 0) is 37.1 Å². The van der Waals surface area contributed by atoms with Gasteiger partial charge < -0.3 is 20.3 Å². The van der Waals surface area contributed by atoms with E-state index in [1.165, 1.54) is 0 Å². The first-order chi connectivity index (χ1) is 14.9. The standard InChI is InChI=1S/C20H25N5O5S/c1-31(27,28)30-13-17-12-18(25-8-10-29-11-9-25)24-19(21-17)14-2-4-15(5-3-14)22-20(26)23-16-6-7-16/h2-5,12,16H,6-11,13H2,1H3,(H2,22,23,26). The molecule has 0 bridgehead atoms. The molecule has 0 radical (unpaired) electrons. The molecule has 1 aromatic carbocycles. The molecule has 4 rings (SSSR count). The molecule has 1 aliphatic carbocycles. The van der Waals surface area contributed by atoms with Crippen LogP contribution >= 0.6 is 0 Å². The number of hydrogen-bond acceptors (Lipinski definition) is 8. The minimum absolute atomic E-state index is 0.174. The van der Waals surface area contributed by atoms with Crippen LogP contribution < -0.4 is 15.5 Å². The van der Waals surface area contributed by atoms with Gasteiger partial charge in [0.1, 0.15) is 12.4 Å². The zero-order valence-electron chi connectivity index (χ0n) is 17.2. The lowest BCUT2D eigenvalue weighted by atomic mass is 10.2. The highest BCUT2D eigenvalue weighted by Crippen LogP contribution is 2.24. The summed E-state index contributed by atoms with van der Waals surface area (Å²) in [5.74, 6) is 1.14. The molecule has 2 aromatic rings. The van der Waals surface area contributed by atoms with E-state index in [2.05, 4.69) is 25.5 Å². The quantitative estimate of drug-likeness (QED) is 0.616. The number of nitrogens with one attached hydrogen (secondary N) is 2. The summed E-state index contributed by atoms with van der Waals surface area (Å²) in [4.78, 5) is 23.1. The van der Waals surface area contributed by atoms with Crippen LogP contribution in [0.3, 0.4) is 0 Å². The Morgan fingerprint density at radius 2 is 1.90 bits per heavy atom. The second-order valence-corrected chi connectivity index (χ2v) is 9.20. The molecular formula is C20H25N5O5S. The number of carbonyl (C=O) groups is 1. The summed E-state index contributed by atoms with van der Waals surface area (Å²) in [6.07, 6.45) is 3.05. The maximum absolute atomic E-state index is 11.9. The van der Waals surface area contributed by atoms with Gasteiger partial charge in [0.15, 0.2) is 5.82 Å². The largest absolute Gasteiger partial charge is 0.378 e. The molecule has 31 heavy (non-hydrogen) atoms. The third-order valence-electron chi connectivity index (χ3n) is 4.84. The third kappa shape index (κ3) is 6.36. The highest BCUT2D eigenvalue weighted by molar-refractivity contribution is 7.85. The van der Waals surface area contributed by atoms with Gasteiger partial charge in [-0.15, -0.1) is 0 Å². The normalized spacial score (nSPS) is 16.7. The van der Waals surface area contributed by atoms with Crippen molar-refractivity contribution < 1.29 is 22.1 Å². The summed E-state index contributed by atoms with van der Waals surface area (Å²) < 4.78 is 33.2. The highest BCUT2D eigenvalue weighted by Gasteiger charge is 2.23. The molecular weight excluding hydrogens is 422 g/mol. The van der Waals surface area contributed by atoms with Crippen LogP contribution in [0.5, 0.6) is 0 Å². The van der Waals surface area contributed by atoms with Crippen molar-refractivity contribution in [2.45, 2.75) is 25.5 Å². The Morgan fingerprint density at radius 1 is 1.19 bits per heavy atom. The van der Waals surface area contributed by atoms with Crippen molar-refractivity contribution in [1.29, 1.82) is 0 Å². The van der Waals surface area contributed by atoms with Crippen molar-refractivity contribution in [2.24, 2.45) is 0 Å². The van der Waals surface area contributed by atoms with Crippen LogP contribution in [0.2, 0.25) is 0 Å². The number of ether oxygens (including phenoxy) is 1. The molecule has 11 heteroatoms. The predicted molar refractivity (Wildman–Crippen MR) is 115 cm³/mol. The fourth-order valence-electron chi connectivity index (χ4n) is 3.09. The van der Waals surface area contributed by atoms with Gasteiger partial charge in [0.25, 0.3) is 10.1 Å². The third-order valence-corrected chi connectivity index (χ3v) is 5.38. The zero-order chi connectivity index (χ0) is 21.8. The highest BCUT2D eigenvalue weighted by atomic mass is 32.2. The molecule has 1 aromatic heterocycles. The first-order valence-corrected chi connectivity index (χ1v) is 11.9. The Kier molecular flexibility index (Phi) is 6.35. The van der Waals surface area contributed by atoms with Crippen LogP contribution in [0, 0.1) is 0 Å². The average Bonchev–Trinajstić information content (AvgIpc) is 3.56. The molecule has 2 N–H and O–H groups in total. The maximum Gasteiger partial charge on any atom is 0.319 e. The number of urea groups is 1. The topological polar surface area (TPSA) is 123 Å². The number of nitrogens with zero attached hydrogens (tertiary/aromatic N) is 3. The Bertz CT molecular complexity index is 1030. The monoisotopic (exact) mass is 447 g/mol. The SMILES string of the molecule is CS(=O)(=O)OCc1cc(N2CCOCC2)nc(-c2ccc(NC(=O)NC3CC3)cc2)n1. The molecule has 2 heterocycles. The van der Waals surface area contributed by atoms with Crippen molar-refractivity contribution in [3.8, 4) is 11.4 Å². The molecule has 10 nitrogen and oxygen atoms in total. The molecule has 1 saturated heterocycles. The second kappa shape index (κ2) is 9.16. The zero-order valence-corrected chi connectivity index (χ0v) is 18.0. The first kappa shape index (κ1) is 21.5. The van der Waals surface area contributed by atoms with E-state index >= 15 is 0 Å². The van der Waals surface area contributed by atoms with Crippen molar-refractivity contribution in [3.63, 3.8) is 0 Å². The van der Waals surface area contributed by atoms with Crippen molar-refractivity contribution in [2.75, 3.05) is 42.8 Å². The molecule has 0 atom stereocenters. The van der Waals surface area contributed by atoms with Crippen LogP contribution in [-0.4, -0.2) is 63.0 Å². The number of rotatable bonds is 7. The lowest BCUT2D eigenvalue weighted by molar-refractivity contribution is 0.122. The van der Waals surface area contributed by atoms with E-state index < -0.39 is 10.1 Å². The maximum atomic E-state index is 11.9. The van der Waals surface area contributed by atoms with Gasteiger partial charge in [0.05, 0.1) is 25.2 Å².